The fourth-order valence-corrected chi connectivity index (χ4v) is 3.30. The summed E-state index contributed by atoms with van der Waals surface area (Å²) in [7, 11) is 2.12. The molecule has 0 radical (unpaired) electrons. The second-order valence-electron chi connectivity index (χ2n) is 5.82. The Hall–Kier alpha value is -1.49. The molecule has 1 unspecified atom stereocenters. The maximum absolute atomic E-state index is 12.8. The number of hydrogen-bond donors (Lipinski definition) is 0. The van der Waals surface area contributed by atoms with Gasteiger partial charge in [0.05, 0.1) is 6.04 Å². The summed E-state index contributed by atoms with van der Waals surface area (Å²) >= 11 is 0. The highest BCUT2D eigenvalue weighted by Crippen LogP contribution is 2.29. The zero-order valence-corrected chi connectivity index (χ0v) is 12.5. The number of likely N-dealkylation sites (N-methyl/N-ethyl adjacent to an activating group) is 1. The molecule has 1 fully saturated rings. The summed E-state index contributed by atoms with van der Waals surface area (Å²) in [5.41, 5.74) is 1.28. The lowest BCUT2D eigenvalue weighted by Gasteiger charge is -2.41. The van der Waals surface area contributed by atoms with Crippen molar-refractivity contribution in [1.29, 1.82) is 0 Å². The minimum atomic E-state index is 0.220. The fraction of sp³-hybridized carbons (Fsp3) is 0.667. The van der Waals surface area contributed by atoms with Gasteiger partial charge in [-0.3, -0.25) is 0 Å². The first-order valence-corrected chi connectivity index (χ1v) is 7.60. The molecule has 110 valence electrons. The highest BCUT2D eigenvalue weighted by atomic mass is 16.2. The van der Waals surface area contributed by atoms with Crippen LogP contribution >= 0.6 is 0 Å². The molecule has 1 saturated heterocycles. The van der Waals surface area contributed by atoms with E-state index in [1.807, 2.05) is 4.90 Å². The van der Waals surface area contributed by atoms with Crippen LogP contribution < -0.4 is 0 Å². The van der Waals surface area contributed by atoms with E-state index in [4.69, 9.17) is 0 Å². The SMILES string of the molecule is CCC1c2cccn2CCN1C(=O)N1CCN(C)CC1. The summed E-state index contributed by atoms with van der Waals surface area (Å²) in [4.78, 5) is 19.2. The minimum absolute atomic E-state index is 0.220. The number of urea groups is 1. The van der Waals surface area contributed by atoms with Gasteiger partial charge >= 0.3 is 6.03 Å². The number of rotatable bonds is 1. The summed E-state index contributed by atoms with van der Waals surface area (Å²) in [6.07, 6.45) is 3.10. The standard InChI is InChI=1S/C15H24N4O/c1-3-13-14-5-4-6-17(14)11-12-19(13)15(20)18-9-7-16(2)8-10-18/h4-6,13H,3,7-12H2,1-2H3. The van der Waals surface area contributed by atoms with Gasteiger partial charge in [0.15, 0.2) is 0 Å². The number of nitrogens with zero attached hydrogens (tertiary/aromatic N) is 4. The van der Waals surface area contributed by atoms with Gasteiger partial charge in [-0.25, -0.2) is 4.79 Å². The predicted octanol–water partition coefficient (Wildman–Crippen LogP) is 1.62. The van der Waals surface area contributed by atoms with Crippen molar-refractivity contribution in [2.45, 2.75) is 25.9 Å². The molecule has 3 heterocycles. The molecule has 3 rings (SSSR count). The molecule has 20 heavy (non-hydrogen) atoms. The molecule has 0 spiro atoms. The Labute approximate surface area is 120 Å². The van der Waals surface area contributed by atoms with Gasteiger partial charge in [0.2, 0.25) is 0 Å². The van der Waals surface area contributed by atoms with Crippen LogP contribution in [0.4, 0.5) is 4.79 Å². The molecule has 0 aromatic carbocycles. The molecule has 0 aliphatic carbocycles. The van der Waals surface area contributed by atoms with Crippen LogP contribution in [0.25, 0.3) is 0 Å². The molecule has 0 saturated carbocycles. The van der Waals surface area contributed by atoms with Crippen molar-refractivity contribution in [2.75, 3.05) is 39.8 Å². The van der Waals surface area contributed by atoms with Crippen molar-refractivity contribution in [3.05, 3.63) is 24.0 Å². The lowest BCUT2D eigenvalue weighted by molar-refractivity contribution is 0.0962. The Bertz CT molecular complexity index is 476. The van der Waals surface area contributed by atoms with Crippen LogP contribution in [0, 0.1) is 0 Å². The predicted molar refractivity (Wildman–Crippen MR) is 78.6 cm³/mol. The smallest absolute Gasteiger partial charge is 0.320 e. The van der Waals surface area contributed by atoms with Crippen LogP contribution in [0.1, 0.15) is 25.1 Å². The average Bonchev–Trinajstić information content (AvgIpc) is 2.94. The van der Waals surface area contributed by atoms with Crippen LogP contribution in [0.2, 0.25) is 0 Å². The normalized spacial score (nSPS) is 23.8. The van der Waals surface area contributed by atoms with Crippen molar-refractivity contribution >= 4 is 6.03 Å². The van der Waals surface area contributed by atoms with E-state index in [1.165, 1.54) is 5.69 Å². The third-order valence-corrected chi connectivity index (χ3v) is 4.57. The number of piperazine rings is 1. The number of carbonyl (C=O) groups is 1. The zero-order chi connectivity index (χ0) is 14.1. The summed E-state index contributed by atoms with van der Waals surface area (Å²) in [6.45, 7) is 7.56. The number of amides is 2. The van der Waals surface area contributed by atoms with Gasteiger partial charge in [0, 0.05) is 51.2 Å². The minimum Gasteiger partial charge on any atom is -0.348 e. The maximum Gasteiger partial charge on any atom is 0.320 e. The third kappa shape index (κ3) is 2.30. The average molecular weight is 276 g/mol. The number of carbonyl (C=O) groups excluding carboxylic acids is 1. The number of aromatic nitrogens is 1. The first-order chi connectivity index (χ1) is 9.70. The third-order valence-electron chi connectivity index (χ3n) is 4.57. The van der Waals surface area contributed by atoms with Gasteiger partial charge in [-0.15, -0.1) is 0 Å². The van der Waals surface area contributed by atoms with Gasteiger partial charge in [-0.1, -0.05) is 6.92 Å². The Balaban J connectivity index is 1.75. The van der Waals surface area contributed by atoms with E-state index in [9.17, 15) is 4.79 Å². The zero-order valence-electron chi connectivity index (χ0n) is 12.5. The molecule has 5 heteroatoms. The van der Waals surface area contributed by atoms with Crippen molar-refractivity contribution < 1.29 is 4.79 Å². The van der Waals surface area contributed by atoms with Crippen molar-refractivity contribution in [2.24, 2.45) is 0 Å². The lowest BCUT2D eigenvalue weighted by Crippen LogP contribution is -2.54. The number of fused-ring (bicyclic) bond motifs is 1. The van der Waals surface area contributed by atoms with Gasteiger partial charge in [0.25, 0.3) is 0 Å². The topological polar surface area (TPSA) is 31.7 Å². The molecule has 2 aliphatic rings. The van der Waals surface area contributed by atoms with Gasteiger partial charge < -0.3 is 19.3 Å². The molecule has 1 aromatic rings. The summed E-state index contributed by atoms with van der Waals surface area (Å²) in [5.74, 6) is 0. The molecule has 2 amide bonds. The van der Waals surface area contributed by atoms with Crippen molar-refractivity contribution in [3.8, 4) is 0 Å². The fourth-order valence-electron chi connectivity index (χ4n) is 3.30. The second kappa shape index (κ2) is 5.48. The molecule has 1 atom stereocenters. The van der Waals surface area contributed by atoms with Crippen LogP contribution in [-0.4, -0.2) is 65.1 Å². The van der Waals surface area contributed by atoms with Crippen molar-refractivity contribution in [1.82, 2.24) is 19.3 Å². The molecular weight excluding hydrogens is 252 g/mol. The first-order valence-electron chi connectivity index (χ1n) is 7.60. The molecule has 0 N–H and O–H groups in total. The quantitative estimate of drug-likeness (QED) is 0.780. The first kappa shape index (κ1) is 13.5. The van der Waals surface area contributed by atoms with Crippen LogP contribution in [0.5, 0.6) is 0 Å². The van der Waals surface area contributed by atoms with E-state index in [-0.39, 0.29) is 12.1 Å². The van der Waals surface area contributed by atoms with Crippen LogP contribution in [-0.2, 0) is 6.54 Å². The Morgan fingerprint density at radius 2 is 1.95 bits per heavy atom. The summed E-state index contributed by atoms with van der Waals surface area (Å²) in [6, 6.07) is 4.68. The highest BCUT2D eigenvalue weighted by Gasteiger charge is 2.32. The van der Waals surface area contributed by atoms with E-state index >= 15 is 0 Å². The summed E-state index contributed by atoms with van der Waals surface area (Å²) < 4.78 is 2.28. The van der Waals surface area contributed by atoms with Gasteiger partial charge in [-0.05, 0) is 25.6 Å². The van der Waals surface area contributed by atoms with Gasteiger partial charge in [-0.2, -0.15) is 0 Å². The van der Waals surface area contributed by atoms with Gasteiger partial charge in [0.1, 0.15) is 0 Å². The van der Waals surface area contributed by atoms with Crippen LogP contribution in [0.15, 0.2) is 18.3 Å². The highest BCUT2D eigenvalue weighted by molar-refractivity contribution is 5.75. The van der Waals surface area contributed by atoms with Crippen molar-refractivity contribution in [3.63, 3.8) is 0 Å². The lowest BCUT2D eigenvalue weighted by atomic mass is 10.1. The summed E-state index contributed by atoms with van der Waals surface area (Å²) in [5, 5.41) is 0. The second-order valence-corrected chi connectivity index (χ2v) is 5.82. The van der Waals surface area contributed by atoms with E-state index < -0.39 is 0 Å². The molecular formula is C15H24N4O. The molecule has 5 nitrogen and oxygen atoms in total. The van der Waals surface area contributed by atoms with E-state index in [0.717, 1.165) is 45.7 Å². The largest absolute Gasteiger partial charge is 0.348 e. The monoisotopic (exact) mass is 276 g/mol. The molecule has 1 aromatic heterocycles. The van der Waals surface area contributed by atoms with Crippen LogP contribution in [0.3, 0.4) is 0 Å². The molecule has 0 bridgehead atoms. The van der Waals surface area contributed by atoms with E-state index in [2.05, 4.69) is 46.7 Å². The van der Waals surface area contributed by atoms with E-state index in [1.54, 1.807) is 0 Å². The maximum atomic E-state index is 12.8. The Morgan fingerprint density at radius 1 is 1.20 bits per heavy atom. The molecule has 2 aliphatic heterocycles. The Kier molecular flexibility index (Phi) is 3.70. The number of hydrogen-bond acceptors (Lipinski definition) is 2. The van der Waals surface area contributed by atoms with E-state index in [0.29, 0.717) is 0 Å². The Morgan fingerprint density at radius 3 is 2.65 bits per heavy atom.